The van der Waals surface area contributed by atoms with Gasteiger partial charge in [-0.25, -0.2) is 4.98 Å². The van der Waals surface area contributed by atoms with Crippen molar-refractivity contribution in [3.05, 3.63) is 42.2 Å². The number of hydrogen-bond acceptors (Lipinski definition) is 3. The Bertz CT molecular complexity index is 898. The summed E-state index contributed by atoms with van der Waals surface area (Å²) >= 11 is 0. The summed E-state index contributed by atoms with van der Waals surface area (Å²) in [6.45, 7) is 1.95. The summed E-state index contributed by atoms with van der Waals surface area (Å²) in [5, 5.41) is 0. The lowest BCUT2D eigenvalue weighted by Gasteiger charge is -2.10. The number of likely N-dealkylation sites (N-methyl/N-ethyl adjacent to an activating group) is 1. The van der Waals surface area contributed by atoms with Gasteiger partial charge in [-0.15, -0.1) is 0 Å². The molecule has 0 aliphatic carbocycles. The Morgan fingerprint density at radius 1 is 1.14 bits per heavy atom. The Morgan fingerprint density at radius 2 is 1.86 bits per heavy atom. The molecule has 0 radical (unpaired) electrons. The Morgan fingerprint density at radius 3 is 2.59 bits per heavy atom. The Hall–Kier alpha value is -2.69. The molecule has 110 valence electrons. The van der Waals surface area contributed by atoms with E-state index in [1.165, 1.54) is 0 Å². The van der Waals surface area contributed by atoms with Gasteiger partial charge in [0.25, 0.3) is 0 Å². The van der Waals surface area contributed by atoms with Gasteiger partial charge >= 0.3 is 0 Å². The number of aromatic nitrogens is 3. The van der Waals surface area contributed by atoms with Crippen molar-refractivity contribution in [1.29, 1.82) is 0 Å². The van der Waals surface area contributed by atoms with Crippen LogP contribution >= 0.6 is 0 Å². The van der Waals surface area contributed by atoms with Crippen LogP contribution in [-0.2, 0) is 11.8 Å². The summed E-state index contributed by atoms with van der Waals surface area (Å²) in [7, 11) is 3.83. The van der Waals surface area contributed by atoms with Gasteiger partial charge in [0.15, 0.2) is 0 Å². The number of nitrogens with zero attached hydrogens (tertiary/aromatic N) is 4. The second-order valence-corrected chi connectivity index (χ2v) is 5.75. The normalized spacial score (nSPS) is 17.3. The third-order valence-electron chi connectivity index (χ3n) is 4.50. The zero-order valence-corrected chi connectivity index (χ0v) is 12.7. The molecule has 5 nitrogen and oxygen atoms in total. The number of carbonyl (C=O) groups excluding carboxylic acids is 1. The van der Waals surface area contributed by atoms with Crippen molar-refractivity contribution in [2.45, 2.75) is 12.8 Å². The first kappa shape index (κ1) is 13.0. The van der Waals surface area contributed by atoms with E-state index in [0.29, 0.717) is 0 Å². The first-order valence-electron chi connectivity index (χ1n) is 7.26. The molecule has 4 rings (SSSR count). The molecule has 22 heavy (non-hydrogen) atoms. The van der Waals surface area contributed by atoms with Crippen LogP contribution in [0.3, 0.4) is 0 Å². The molecular formula is C17H16N4O. The number of aryl methyl sites for hydroxylation is 1. The molecule has 0 fully saturated rings. The van der Waals surface area contributed by atoms with Gasteiger partial charge in [0.05, 0.1) is 17.0 Å². The third kappa shape index (κ3) is 1.62. The molecule has 0 spiro atoms. The van der Waals surface area contributed by atoms with Crippen molar-refractivity contribution in [3.63, 3.8) is 0 Å². The van der Waals surface area contributed by atoms with Crippen molar-refractivity contribution < 1.29 is 4.79 Å². The molecule has 0 saturated heterocycles. The van der Waals surface area contributed by atoms with E-state index in [-0.39, 0.29) is 11.8 Å². The van der Waals surface area contributed by atoms with Crippen molar-refractivity contribution in [3.8, 4) is 11.4 Å². The fraction of sp³-hybridized carbons (Fsp3) is 0.235. The molecule has 3 aromatic rings. The SMILES string of the molecule is CC1C(=O)N(C)c2cc3c(cc21)nc(-c1ccncc1)n3C. The van der Waals surface area contributed by atoms with Crippen LogP contribution in [0.4, 0.5) is 5.69 Å². The maximum absolute atomic E-state index is 12.1. The molecule has 0 bridgehead atoms. The maximum atomic E-state index is 12.1. The van der Waals surface area contributed by atoms with Crippen molar-refractivity contribution in [2.24, 2.45) is 7.05 Å². The number of anilines is 1. The van der Waals surface area contributed by atoms with E-state index in [1.807, 2.05) is 39.2 Å². The van der Waals surface area contributed by atoms with Gasteiger partial charge < -0.3 is 9.47 Å². The average Bonchev–Trinajstić information content (AvgIpc) is 2.98. The van der Waals surface area contributed by atoms with E-state index in [1.54, 1.807) is 17.3 Å². The first-order chi connectivity index (χ1) is 10.6. The number of rotatable bonds is 1. The molecule has 1 aliphatic heterocycles. The molecule has 1 aliphatic rings. The Labute approximate surface area is 128 Å². The predicted molar refractivity (Wildman–Crippen MR) is 85.8 cm³/mol. The molecule has 2 aromatic heterocycles. The van der Waals surface area contributed by atoms with E-state index in [9.17, 15) is 4.79 Å². The van der Waals surface area contributed by atoms with E-state index in [0.717, 1.165) is 33.7 Å². The first-order valence-corrected chi connectivity index (χ1v) is 7.26. The molecule has 5 heteroatoms. The second kappa shape index (κ2) is 4.40. The van der Waals surface area contributed by atoms with Gasteiger partial charge in [-0.1, -0.05) is 0 Å². The van der Waals surface area contributed by atoms with Crippen molar-refractivity contribution in [2.75, 3.05) is 11.9 Å². The summed E-state index contributed by atoms with van der Waals surface area (Å²) in [4.78, 5) is 22.7. The minimum Gasteiger partial charge on any atom is -0.327 e. The zero-order chi connectivity index (χ0) is 15.4. The van der Waals surface area contributed by atoms with Crippen LogP contribution in [0.15, 0.2) is 36.7 Å². The van der Waals surface area contributed by atoms with Crippen molar-refractivity contribution >= 4 is 22.6 Å². The average molecular weight is 292 g/mol. The largest absolute Gasteiger partial charge is 0.327 e. The molecule has 1 unspecified atom stereocenters. The lowest BCUT2D eigenvalue weighted by Crippen LogP contribution is -2.22. The van der Waals surface area contributed by atoms with Gasteiger partial charge in [-0.05, 0) is 36.8 Å². The highest BCUT2D eigenvalue weighted by atomic mass is 16.2. The van der Waals surface area contributed by atoms with Gasteiger partial charge in [0, 0.05) is 37.7 Å². The molecule has 0 saturated carbocycles. The third-order valence-corrected chi connectivity index (χ3v) is 4.50. The number of pyridine rings is 1. The van der Waals surface area contributed by atoms with Crippen molar-refractivity contribution in [1.82, 2.24) is 14.5 Å². The quantitative estimate of drug-likeness (QED) is 0.693. The van der Waals surface area contributed by atoms with Crippen LogP contribution in [0, 0.1) is 0 Å². The van der Waals surface area contributed by atoms with Crippen LogP contribution in [0.2, 0.25) is 0 Å². The highest BCUT2D eigenvalue weighted by Crippen LogP contribution is 2.39. The monoisotopic (exact) mass is 292 g/mol. The lowest BCUT2D eigenvalue weighted by atomic mass is 10.0. The maximum Gasteiger partial charge on any atom is 0.234 e. The Balaban J connectivity index is 1.97. The molecule has 1 amide bonds. The van der Waals surface area contributed by atoms with Crippen LogP contribution in [0.1, 0.15) is 18.4 Å². The number of imidazole rings is 1. The van der Waals surface area contributed by atoms with Gasteiger partial charge in [0.2, 0.25) is 5.91 Å². The van der Waals surface area contributed by atoms with E-state index >= 15 is 0 Å². The minimum atomic E-state index is -0.101. The molecule has 1 atom stereocenters. The highest BCUT2D eigenvalue weighted by Gasteiger charge is 2.32. The summed E-state index contributed by atoms with van der Waals surface area (Å²) in [5.41, 5.74) is 5.02. The van der Waals surface area contributed by atoms with Crippen LogP contribution < -0.4 is 4.90 Å². The number of hydrogen-bond donors (Lipinski definition) is 0. The Kier molecular flexibility index (Phi) is 2.60. The minimum absolute atomic E-state index is 0.101. The summed E-state index contributed by atoms with van der Waals surface area (Å²) in [6, 6.07) is 8.01. The van der Waals surface area contributed by atoms with Gasteiger partial charge in [-0.3, -0.25) is 9.78 Å². The topological polar surface area (TPSA) is 51.0 Å². The summed E-state index contributed by atoms with van der Waals surface area (Å²) in [6.07, 6.45) is 3.53. The smallest absolute Gasteiger partial charge is 0.234 e. The van der Waals surface area contributed by atoms with Gasteiger partial charge in [0.1, 0.15) is 5.82 Å². The number of benzene rings is 1. The standard InChI is InChI=1S/C17H16N4O/c1-10-12-8-13-15(9-14(12)21(3)17(10)22)20(2)16(19-13)11-4-6-18-7-5-11/h4-10H,1-3H3. The van der Waals surface area contributed by atoms with E-state index in [4.69, 9.17) is 4.98 Å². The van der Waals surface area contributed by atoms with Crippen LogP contribution in [0.5, 0.6) is 0 Å². The van der Waals surface area contributed by atoms with E-state index < -0.39 is 0 Å². The number of amides is 1. The fourth-order valence-corrected chi connectivity index (χ4v) is 3.18. The summed E-state index contributed by atoms with van der Waals surface area (Å²) in [5.74, 6) is 0.943. The van der Waals surface area contributed by atoms with Crippen LogP contribution in [0.25, 0.3) is 22.4 Å². The molecule has 1 aromatic carbocycles. The van der Waals surface area contributed by atoms with Gasteiger partial charge in [-0.2, -0.15) is 0 Å². The molecular weight excluding hydrogens is 276 g/mol. The summed E-state index contributed by atoms with van der Waals surface area (Å²) < 4.78 is 2.06. The molecule has 0 N–H and O–H groups in total. The lowest BCUT2D eigenvalue weighted by molar-refractivity contribution is -0.118. The van der Waals surface area contributed by atoms with Crippen LogP contribution in [-0.4, -0.2) is 27.5 Å². The molecule has 3 heterocycles. The number of carbonyl (C=O) groups is 1. The fourth-order valence-electron chi connectivity index (χ4n) is 3.18. The predicted octanol–water partition coefficient (Wildman–Crippen LogP) is 2.72. The van der Waals surface area contributed by atoms with E-state index in [2.05, 4.69) is 15.6 Å². The second-order valence-electron chi connectivity index (χ2n) is 5.75. The zero-order valence-electron chi connectivity index (χ0n) is 12.7. The number of fused-ring (bicyclic) bond motifs is 2. The highest BCUT2D eigenvalue weighted by molar-refractivity contribution is 6.06.